The lowest BCUT2D eigenvalue weighted by Gasteiger charge is -2.34. The van der Waals surface area contributed by atoms with Crippen LogP contribution in [0.4, 0.5) is 0 Å². The maximum atomic E-state index is 11.6. The number of nitrogens with one attached hydrogen (secondary N) is 1. The van der Waals surface area contributed by atoms with Gasteiger partial charge in [0.05, 0.1) is 6.54 Å². The summed E-state index contributed by atoms with van der Waals surface area (Å²) in [5.74, 6) is -0.275. The predicted molar refractivity (Wildman–Crippen MR) is 57.5 cm³/mol. The molecule has 0 unspecified atom stereocenters. The molecule has 16 heavy (non-hydrogen) atoms. The highest BCUT2D eigenvalue weighted by Gasteiger charge is 2.21. The molecule has 1 fully saturated rings. The molecule has 1 aliphatic rings. The number of amides is 3. The van der Waals surface area contributed by atoms with Crippen LogP contribution in [0.25, 0.3) is 0 Å². The minimum absolute atomic E-state index is 0.0361. The lowest BCUT2D eigenvalue weighted by Crippen LogP contribution is -2.52. The van der Waals surface area contributed by atoms with E-state index in [9.17, 15) is 14.4 Å². The zero-order valence-electron chi connectivity index (χ0n) is 9.65. The van der Waals surface area contributed by atoms with Crippen LogP contribution in [-0.2, 0) is 14.4 Å². The van der Waals surface area contributed by atoms with Gasteiger partial charge in [0, 0.05) is 40.0 Å². The molecule has 0 saturated carbocycles. The molecule has 0 atom stereocenters. The van der Waals surface area contributed by atoms with Gasteiger partial charge in [0.1, 0.15) is 0 Å². The Morgan fingerprint density at radius 1 is 1.00 bits per heavy atom. The number of hydrogen-bond donors (Lipinski definition) is 1. The van der Waals surface area contributed by atoms with E-state index in [-0.39, 0.29) is 24.3 Å². The Bertz CT molecular complexity index is 296. The zero-order valence-corrected chi connectivity index (χ0v) is 9.65. The van der Waals surface area contributed by atoms with E-state index < -0.39 is 0 Å². The van der Waals surface area contributed by atoms with Gasteiger partial charge in [0.2, 0.25) is 17.7 Å². The number of carbonyl (C=O) groups is 3. The molecule has 6 heteroatoms. The van der Waals surface area contributed by atoms with E-state index in [4.69, 9.17) is 0 Å². The average molecular weight is 227 g/mol. The van der Waals surface area contributed by atoms with E-state index >= 15 is 0 Å². The molecule has 90 valence electrons. The van der Waals surface area contributed by atoms with Gasteiger partial charge in [-0.3, -0.25) is 14.4 Å². The van der Waals surface area contributed by atoms with Gasteiger partial charge in [-0.1, -0.05) is 0 Å². The largest absolute Gasteiger partial charge is 0.347 e. The van der Waals surface area contributed by atoms with Crippen molar-refractivity contribution in [2.75, 3.05) is 32.7 Å². The monoisotopic (exact) mass is 227 g/mol. The molecule has 0 aliphatic carbocycles. The van der Waals surface area contributed by atoms with Crippen molar-refractivity contribution in [2.24, 2.45) is 0 Å². The number of rotatable bonds is 2. The van der Waals surface area contributed by atoms with Crippen LogP contribution in [0.1, 0.15) is 13.8 Å². The van der Waals surface area contributed by atoms with Crippen molar-refractivity contribution in [2.45, 2.75) is 13.8 Å². The fraction of sp³-hybridized carbons (Fsp3) is 0.700. The molecule has 3 amide bonds. The standard InChI is InChI=1S/C10H17N3O3/c1-8(14)11-7-10(16)13-5-3-12(4-6-13)9(2)15/h3-7H2,1-2H3,(H,11,14). The van der Waals surface area contributed by atoms with Crippen molar-refractivity contribution in [3.05, 3.63) is 0 Å². The average Bonchev–Trinajstić information content (AvgIpc) is 2.26. The van der Waals surface area contributed by atoms with Crippen LogP contribution in [0.15, 0.2) is 0 Å². The first-order valence-electron chi connectivity index (χ1n) is 5.28. The van der Waals surface area contributed by atoms with Crippen molar-refractivity contribution in [3.63, 3.8) is 0 Å². The Morgan fingerprint density at radius 3 is 1.94 bits per heavy atom. The van der Waals surface area contributed by atoms with Crippen LogP contribution in [0.5, 0.6) is 0 Å². The smallest absolute Gasteiger partial charge is 0.242 e. The summed E-state index contributed by atoms with van der Waals surface area (Å²) >= 11 is 0. The van der Waals surface area contributed by atoms with Gasteiger partial charge in [-0.15, -0.1) is 0 Å². The van der Waals surface area contributed by atoms with E-state index in [2.05, 4.69) is 5.32 Å². The number of piperazine rings is 1. The summed E-state index contributed by atoms with van der Waals surface area (Å²) < 4.78 is 0. The molecule has 0 aromatic rings. The number of hydrogen-bond acceptors (Lipinski definition) is 3. The first-order chi connectivity index (χ1) is 7.50. The summed E-state index contributed by atoms with van der Waals surface area (Å²) in [4.78, 5) is 36.7. The second-order valence-electron chi connectivity index (χ2n) is 3.80. The quantitative estimate of drug-likeness (QED) is 0.645. The van der Waals surface area contributed by atoms with Crippen molar-refractivity contribution in [1.82, 2.24) is 15.1 Å². The first kappa shape index (κ1) is 12.5. The van der Waals surface area contributed by atoms with Crippen LogP contribution in [-0.4, -0.2) is 60.2 Å². The molecular formula is C10H17N3O3. The third-order valence-electron chi connectivity index (χ3n) is 2.57. The van der Waals surface area contributed by atoms with Gasteiger partial charge in [0.15, 0.2) is 0 Å². The number of carbonyl (C=O) groups excluding carboxylic acids is 3. The first-order valence-corrected chi connectivity index (χ1v) is 5.28. The van der Waals surface area contributed by atoms with E-state index in [1.807, 2.05) is 0 Å². The summed E-state index contributed by atoms with van der Waals surface area (Å²) in [6.45, 7) is 5.16. The van der Waals surface area contributed by atoms with E-state index in [1.165, 1.54) is 13.8 Å². The SMILES string of the molecule is CC(=O)NCC(=O)N1CCN(C(C)=O)CC1. The summed E-state index contributed by atoms with van der Waals surface area (Å²) in [6.07, 6.45) is 0. The van der Waals surface area contributed by atoms with Crippen LogP contribution in [0, 0.1) is 0 Å². The summed E-state index contributed by atoms with van der Waals surface area (Å²) in [6, 6.07) is 0. The maximum absolute atomic E-state index is 11.6. The zero-order chi connectivity index (χ0) is 12.1. The van der Waals surface area contributed by atoms with E-state index in [1.54, 1.807) is 9.80 Å². The van der Waals surface area contributed by atoms with Crippen molar-refractivity contribution in [1.29, 1.82) is 0 Å². The Balaban J connectivity index is 2.33. The third kappa shape index (κ3) is 3.52. The fourth-order valence-corrected chi connectivity index (χ4v) is 1.58. The van der Waals surface area contributed by atoms with Crippen molar-refractivity contribution < 1.29 is 14.4 Å². The predicted octanol–water partition coefficient (Wildman–Crippen LogP) is -1.19. The topological polar surface area (TPSA) is 69.7 Å². The van der Waals surface area contributed by atoms with Crippen LogP contribution >= 0.6 is 0 Å². The second kappa shape index (κ2) is 5.48. The normalized spacial score (nSPS) is 15.9. The van der Waals surface area contributed by atoms with Gasteiger partial charge in [-0.25, -0.2) is 0 Å². The van der Waals surface area contributed by atoms with Crippen LogP contribution in [0.3, 0.4) is 0 Å². The Kier molecular flexibility index (Phi) is 4.28. The summed E-state index contributed by atoms with van der Waals surface area (Å²) in [7, 11) is 0. The molecule has 0 spiro atoms. The Morgan fingerprint density at radius 2 is 1.50 bits per heavy atom. The molecule has 6 nitrogen and oxygen atoms in total. The molecule has 1 rings (SSSR count). The molecule has 0 bridgehead atoms. The summed E-state index contributed by atoms with van der Waals surface area (Å²) in [5, 5.41) is 2.47. The van der Waals surface area contributed by atoms with E-state index in [0.717, 1.165) is 0 Å². The minimum atomic E-state index is -0.212. The molecule has 1 N–H and O–H groups in total. The van der Waals surface area contributed by atoms with Gasteiger partial charge in [-0.05, 0) is 0 Å². The molecule has 0 aromatic carbocycles. The van der Waals surface area contributed by atoms with Crippen LogP contribution < -0.4 is 5.32 Å². The van der Waals surface area contributed by atoms with Crippen molar-refractivity contribution in [3.8, 4) is 0 Å². The molecule has 0 aromatic heterocycles. The highest BCUT2D eigenvalue weighted by atomic mass is 16.2. The molecule has 0 radical (unpaired) electrons. The molecular weight excluding hydrogens is 210 g/mol. The lowest BCUT2D eigenvalue weighted by molar-refractivity contribution is -0.138. The minimum Gasteiger partial charge on any atom is -0.347 e. The van der Waals surface area contributed by atoms with Gasteiger partial charge >= 0.3 is 0 Å². The molecule has 1 aliphatic heterocycles. The van der Waals surface area contributed by atoms with Crippen molar-refractivity contribution >= 4 is 17.7 Å². The third-order valence-corrected chi connectivity index (χ3v) is 2.57. The van der Waals surface area contributed by atoms with E-state index in [0.29, 0.717) is 26.2 Å². The molecule has 1 heterocycles. The Labute approximate surface area is 94.6 Å². The van der Waals surface area contributed by atoms with Gasteiger partial charge < -0.3 is 15.1 Å². The second-order valence-corrected chi connectivity index (χ2v) is 3.80. The van der Waals surface area contributed by atoms with Crippen LogP contribution in [0.2, 0.25) is 0 Å². The lowest BCUT2D eigenvalue weighted by atomic mass is 10.3. The molecule has 1 saturated heterocycles. The number of nitrogens with zero attached hydrogens (tertiary/aromatic N) is 2. The maximum Gasteiger partial charge on any atom is 0.242 e. The van der Waals surface area contributed by atoms with Gasteiger partial charge in [0.25, 0.3) is 0 Å². The highest BCUT2D eigenvalue weighted by molar-refractivity contribution is 5.84. The Hall–Kier alpha value is -1.59. The summed E-state index contributed by atoms with van der Waals surface area (Å²) in [5.41, 5.74) is 0. The van der Waals surface area contributed by atoms with Gasteiger partial charge in [-0.2, -0.15) is 0 Å². The highest BCUT2D eigenvalue weighted by Crippen LogP contribution is 2.01. The fourth-order valence-electron chi connectivity index (χ4n) is 1.58.